The molecule has 4 rings (SSSR count). The van der Waals surface area contributed by atoms with Crippen LogP contribution in [0, 0.1) is 6.92 Å². The van der Waals surface area contributed by atoms with Gasteiger partial charge in [-0.25, -0.2) is 14.2 Å². The Morgan fingerprint density at radius 3 is 2.81 bits per heavy atom. The van der Waals surface area contributed by atoms with Crippen LogP contribution < -0.4 is 5.32 Å². The molecule has 0 saturated heterocycles. The van der Waals surface area contributed by atoms with Gasteiger partial charge in [-0.15, -0.1) is 0 Å². The second-order valence-corrected chi connectivity index (χ2v) is 6.22. The topological polar surface area (TPSA) is 90.0 Å². The number of carbonyl (C=O) groups is 1. The van der Waals surface area contributed by atoms with Gasteiger partial charge in [-0.2, -0.15) is 15.2 Å². The van der Waals surface area contributed by atoms with Crippen LogP contribution >= 0.6 is 0 Å². The highest BCUT2D eigenvalue weighted by Crippen LogP contribution is 2.13. The summed E-state index contributed by atoms with van der Waals surface area (Å²) in [5.74, 6) is 0.470. The molecule has 136 valence electrons. The highest BCUT2D eigenvalue weighted by molar-refractivity contribution is 5.95. The first-order chi connectivity index (χ1) is 13.2. The molecular weight excluding hydrogens is 342 g/mol. The average Bonchev–Trinajstić information content (AvgIpc) is 3.31. The Bertz CT molecular complexity index is 1070. The molecule has 0 fully saturated rings. The number of para-hydroxylation sites is 1. The summed E-state index contributed by atoms with van der Waals surface area (Å²) in [6.07, 6.45) is 8.39. The number of hydrogen-bond donors (Lipinski definition) is 1. The molecule has 8 nitrogen and oxygen atoms in total. The lowest BCUT2D eigenvalue weighted by Crippen LogP contribution is -2.25. The molecule has 4 aromatic rings. The summed E-state index contributed by atoms with van der Waals surface area (Å²) < 4.78 is 3.42. The van der Waals surface area contributed by atoms with E-state index in [9.17, 15) is 4.79 Å². The van der Waals surface area contributed by atoms with Crippen LogP contribution in [-0.2, 0) is 6.42 Å². The van der Waals surface area contributed by atoms with Gasteiger partial charge in [-0.3, -0.25) is 4.79 Å². The van der Waals surface area contributed by atoms with E-state index < -0.39 is 0 Å². The minimum atomic E-state index is -0.112. The van der Waals surface area contributed by atoms with Crippen LogP contribution in [0.3, 0.4) is 0 Å². The summed E-state index contributed by atoms with van der Waals surface area (Å²) in [6.45, 7) is 2.47. The molecular formula is C19H19N7O. The van der Waals surface area contributed by atoms with Gasteiger partial charge in [0, 0.05) is 18.9 Å². The van der Waals surface area contributed by atoms with Crippen LogP contribution in [0.25, 0.3) is 11.5 Å². The zero-order valence-corrected chi connectivity index (χ0v) is 14.9. The summed E-state index contributed by atoms with van der Waals surface area (Å²) >= 11 is 0. The molecule has 27 heavy (non-hydrogen) atoms. The van der Waals surface area contributed by atoms with E-state index in [1.807, 2.05) is 43.5 Å². The lowest BCUT2D eigenvalue weighted by Gasteiger charge is -2.07. The molecule has 0 aliphatic heterocycles. The molecule has 3 aromatic heterocycles. The number of carbonyl (C=O) groups excluding carboxylic acids is 1. The van der Waals surface area contributed by atoms with Crippen molar-refractivity contribution in [2.75, 3.05) is 6.54 Å². The third kappa shape index (κ3) is 3.55. The van der Waals surface area contributed by atoms with Crippen LogP contribution in [0.4, 0.5) is 0 Å². The van der Waals surface area contributed by atoms with Crippen molar-refractivity contribution in [3.8, 4) is 5.69 Å². The van der Waals surface area contributed by atoms with E-state index >= 15 is 0 Å². The van der Waals surface area contributed by atoms with Gasteiger partial charge in [0.2, 0.25) is 0 Å². The van der Waals surface area contributed by atoms with Gasteiger partial charge in [0.1, 0.15) is 6.33 Å². The number of aryl methyl sites for hydroxylation is 1. The molecule has 0 spiro atoms. The number of hydrogen-bond acceptors (Lipinski definition) is 5. The van der Waals surface area contributed by atoms with Crippen LogP contribution in [0.1, 0.15) is 28.0 Å². The Morgan fingerprint density at radius 1 is 1.11 bits per heavy atom. The van der Waals surface area contributed by atoms with Crippen molar-refractivity contribution in [3.63, 3.8) is 0 Å². The number of amides is 1. The molecule has 0 atom stereocenters. The highest BCUT2D eigenvalue weighted by atomic mass is 16.1. The van der Waals surface area contributed by atoms with Gasteiger partial charge < -0.3 is 5.32 Å². The van der Waals surface area contributed by atoms with Crippen LogP contribution in [0.5, 0.6) is 0 Å². The van der Waals surface area contributed by atoms with Gasteiger partial charge >= 0.3 is 0 Å². The summed E-state index contributed by atoms with van der Waals surface area (Å²) in [5, 5.41) is 11.4. The molecule has 0 radical (unpaired) electrons. The molecule has 0 bridgehead atoms. The van der Waals surface area contributed by atoms with E-state index in [4.69, 9.17) is 0 Å². The van der Waals surface area contributed by atoms with E-state index in [-0.39, 0.29) is 5.91 Å². The molecule has 1 aromatic carbocycles. The zero-order valence-electron chi connectivity index (χ0n) is 14.9. The van der Waals surface area contributed by atoms with Gasteiger partial charge in [0.25, 0.3) is 11.7 Å². The largest absolute Gasteiger partial charge is 0.352 e. The number of aromatic nitrogens is 6. The Kier molecular flexibility index (Phi) is 4.61. The molecule has 1 amide bonds. The predicted molar refractivity (Wildman–Crippen MR) is 99.7 cm³/mol. The molecule has 0 aliphatic rings. The van der Waals surface area contributed by atoms with Crippen molar-refractivity contribution in [1.82, 2.24) is 34.7 Å². The molecule has 0 aliphatic carbocycles. The first-order valence-electron chi connectivity index (χ1n) is 8.75. The van der Waals surface area contributed by atoms with E-state index in [2.05, 4.69) is 25.5 Å². The van der Waals surface area contributed by atoms with Gasteiger partial charge in [0.05, 0.1) is 23.1 Å². The second-order valence-electron chi connectivity index (χ2n) is 6.22. The molecule has 8 heteroatoms. The summed E-state index contributed by atoms with van der Waals surface area (Å²) in [6, 6.07) is 9.76. The average molecular weight is 361 g/mol. The van der Waals surface area contributed by atoms with Crippen molar-refractivity contribution in [1.29, 1.82) is 0 Å². The van der Waals surface area contributed by atoms with Gasteiger partial charge in [-0.05, 0) is 37.5 Å². The lowest BCUT2D eigenvalue weighted by molar-refractivity contribution is 0.0952. The van der Waals surface area contributed by atoms with Gasteiger partial charge in [0.15, 0.2) is 0 Å². The standard InChI is InChI=1S/C19H19N7O/c1-14-17(11-23-26(14)16-7-3-2-4-8-16)18(27)20-9-5-6-15-10-21-19-22-13-24-25(19)12-15/h2-4,7-8,10-13H,5-6,9H2,1H3,(H,20,27). The Balaban J connectivity index is 1.33. The van der Waals surface area contributed by atoms with Crippen LogP contribution in [0.15, 0.2) is 55.2 Å². The SMILES string of the molecule is Cc1c(C(=O)NCCCc2cnc3ncnn3c2)cnn1-c1ccccc1. The number of fused-ring (bicyclic) bond motifs is 1. The molecule has 3 heterocycles. The lowest BCUT2D eigenvalue weighted by atomic mass is 10.2. The quantitative estimate of drug-likeness (QED) is 0.530. The molecule has 1 N–H and O–H groups in total. The third-order valence-electron chi connectivity index (χ3n) is 4.37. The Hall–Kier alpha value is -3.55. The van der Waals surface area contributed by atoms with E-state index in [0.717, 1.165) is 29.8 Å². The summed E-state index contributed by atoms with van der Waals surface area (Å²) in [7, 11) is 0. The van der Waals surface area contributed by atoms with Crippen LogP contribution in [0.2, 0.25) is 0 Å². The van der Waals surface area contributed by atoms with E-state index in [0.29, 0.717) is 17.9 Å². The first-order valence-corrected chi connectivity index (χ1v) is 8.75. The first kappa shape index (κ1) is 16.9. The fourth-order valence-corrected chi connectivity index (χ4v) is 2.94. The minimum Gasteiger partial charge on any atom is -0.352 e. The predicted octanol–water partition coefficient (Wildman–Crippen LogP) is 1.98. The third-order valence-corrected chi connectivity index (χ3v) is 4.37. The number of benzene rings is 1. The van der Waals surface area contributed by atoms with Crippen molar-refractivity contribution in [2.24, 2.45) is 0 Å². The van der Waals surface area contributed by atoms with Crippen molar-refractivity contribution in [3.05, 3.63) is 72.1 Å². The molecule has 0 unspecified atom stereocenters. The zero-order chi connectivity index (χ0) is 18.6. The van der Waals surface area contributed by atoms with Crippen molar-refractivity contribution >= 4 is 11.7 Å². The fourth-order valence-electron chi connectivity index (χ4n) is 2.94. The van der Waals surface area contributed by atoms with Crippen molar-refractivity contribution < 1.29 is 4.79 Å². The maximum Gasteiger partial charge on any atom is 0.254 e. The maximum atomic E-state index is 12.5. The van der Waals surface area contributed by atoms with E-state index in [1.54, 1.807) is 21.6 Å². The Labute approximate surface area is 155 Å². The fraction of sp³-hybridized carbons (Fsp3) is 0.211. The van der Waals surface area contributed by atoms with Crippen molar-refractivity contribution in [2.45, 2.75) is 19.8 Å². The maximum absolute atomic E-state index is 12.5. The van der Waals surface area contributed by atoms with Crippen LogP contribution in [-0.4, -0.2) is 41.8 Å². The highest BCUT2D eigenvalue weighted by Gasteiger charge is 2.14. The number of nitrogens with zero attached hydrogens (tertiary/aromatic N) is 6. The monoisotopic (exact) mass is 361 g/mol. The van der Waals surface area contributed by atoms with Gasteiger partial charge in [-0.1, -0.05) is 18.2 Å². The van der Waals surface area contributed by atoms with E-state index in [1.165, 1.54) is 6.33 Å². The smallest absolute Gasteiger partial charge is 0.254 e. The summed E-state index contributed by atoms with van der Waals surface area (Å²) in [5.41, 5.74) is 3.39. The number of nitrogens with one attached hydrogen (secondary N) is 1. The minimum absolute atomic E-state index is 0.112. The molecule has 0 saturated carbocycles. The summed E-state index contributed by atoms with van der Waals surface area (Å²) in [4.78, 5) is 20.7. The Morgan fingerprint density at radius 2 is 1.96 bits per heavy atom. The number of rotatable bonds is 6. The normalized spacial score (nSPS) is 11.0. The second kappa shape index (κ2) is 7.36.